The van der Waals surface area contributed by atoms with Crippen LogP contribution in [0.15, 0.2) is 0 Å². The summed E-state index contributed by atoms with van der Waals surface area (Å²) in [5, 5.41) is 35.8. The molecule has 1 aliphatic carbocycles. The van der Waals surface area contributed by atoms with Crippen molar-refractivity contribution < 1.29 is 48.3 Å². The number of likely N-dealkylation sites (tertiary alicyclic amines) is 1. The smallest absolute Gasteiger partial charge is 0.243 e. The van der Waals surface area contributed by atoms with Gasteiger partial charge in [0.1, 0.15) is 48.3 Å². The van der Waals surface area contributed by atoms with E-state index < -0.39 is 108 Å². The molecule has 83 heavy (non-hydrogen) atoms. The summed E-state index contributed by atoms with van der Waals surface area (Å²) in [5.41, 5.74) is 24.0. The second kappa shape index (κ2) is 41.1. The Bertz CT molecular complexity index is 1980. The minimum Gasteiger partial charge on any atom is -0.393 e. The Morgan fingerprint density at radius 3 is 1.63 bits per heavy atom. The highest BCUT2D eigenvalue weighted by molar-refractivity contribution is 5.98. The van der Waals surface area contributed by atoms with E-state index in [1.165, 1.54) is 0 Å². The molecule has 0 aromatic rings. The Hall–Kier alpha value is -5.01. The van der Waals surface area contributed by atoms with Crippen molar-refractivity contribution in [1.82, 2.24) is 52.8 Å². The maximum Gasteiger partial charge on any atom is 0.243 e. The number of nitrogens with one attached hydrogen (secondary N) is 9. The normalized spacial score (nSPS) is 25.4. The number of amides is 9. The van der Waals surface area contributed by atoms with Gasteiger partial charge in [0.25, 0.3) is 0 Å². The van der Waals surface area contributed by atoms with Crippen LogP contribution in [-0.4, -0.2) is 170 Å². The van der Waals surface area contributed by atoms with Crippen LogP contribution in [0.4, 0.5) is 0 Å². The monoisotopic (exact) mass is 1170 g/mol. The third-order valence-electron chi connectivity index (χ3n) is 16.2. The fourth-order valence-corrected chi connectivity index (χ4v) is 11.5. The molecule has 10 atom stereocenters. The van der Waals surface area contributed by atoms with Crippen molar-refractivity contribution in [2.75, 3.05) is 52.4 Å². The summed E-state index contributed by atoms with van der Waals surface area (Å²) in [6.07, 6.45) is 14.7. The zero-order valence-corrected chi connectivity index (χ0v) is 50.8. The Labute approximate surface area is 494 Å². The van der Waals surface area contributed by atoms with Crippen LogP contribution in [-0.2, 0) is 43.2 Å². The van der Waals surface area contributed by atoms with Gasteiger partial charge in [0.2, 0.25) is 53.2 Å². The number of piperidine rings is 1. The van der Waals surface area contributed by atoms with Crippen molar-refractivity contribution in [1.29, 1.82) is 0 Å². The molecule has 0 radical (unpaired) electrons. The van der Waals surface area contributed by atoms with Gasteiger partial charge in [-0.3, -0.25) is 43.2 Å². The zero-order chi connectivity index (χ0) is 61.1. The number of hydrogen-bond donors (Lipinski definition) is 14. The lowest BCUT2D eigenvalue weighted by atomic mass is 9.84. The third kappa shape index (κ3) is 28.2. The minimum atomic E-state index is -1.45. The first kappa shape index (κ1) is 72.2. The first-order valence-electron chi connectivity index (χ1n) is 31.8. The van der Waals surface area contributed by atoms with Gasteiger partial charge in [-0.05, 0) is 134 Å². The molecule has 0 aromatic carbocycles. The molecule has 2 heterocycles. The largest absolute Gasteiger partial charge is 0.393 e. The molecule has 9 amide bonds. The fourth-order valence-electron chi connectivity index (χ4n) is 11.5. The van der Waals surface area contributed by atoms with Crippen molar-refractivity contribution in [3.05, 3.63) is 0 Å². The molecule has 1 saturated carbocycles. The number of nitrogens with zero attached hydrogens (tertiary/aromatic N) is 1. The predicted molar refractivity (Wildman–Crippen MR) is 320 cm³/mol. The molecule has 0 bridgehead atoms. The van der Waals surface area contributed by atoms with Crippen LogP contribution in [0.25, 0.3) is 0 Å². The van der Waals surface area contributed by atoms with E-state index in [2.05, 4.69) is 66.6 Å². The zero-order valence-electron chi connectivity index (χ0n) is 50.8. The summed E-state index contributed by atoms with van der Waals surface area (Å²) in [6, 6.07) is -9.99. The molecule has 2 aliphatic heterocycles. The summed E-state index contributed by atoms with van der Waals surface area (Å²) in [4.78, 5) is 131. The molecular formula is C59H110N14O10. The first-order chi connectivity index (χ1) is 39.9. The highest BCUT2D eigenvalue weighted by Gasteiger charge is 2.37. The van der Waals surface area contributed by atoms with Gasteiger partial charge in [-0.15, -0.1) is 0 Å². The number of unbranched alkanes of at least 4 members (excludes halogenated alkanes) is 7. The van der Waals surface area contributed by atoms with Gasteiger partial charge in [0.05, 0.1) is 12.5 Å². The molecule has 1 unspecified atom stereocenters. The van der Waals surface area contributed by atoms with Gasteiger partial charge in [-0.25, -0.2) is 0 Å². The predicted octanol–water partition coefficient (Wildman–Crippen LogP) is 0.590. The van der Waals surface area contributed by atoms with Gasteiger partial charge in [-0.2, -0.15) is 0 Å². The second-order valence-electron chi connectivity index (χ2n) is 24.0. The summed E-state index contributed by atoms with van der Waals surface area (Å²) in [5.74, 6) is -6.40. The lowest BCUT2D eigenvalue weighted by molar-refractivity contribution is -0.136. The molecule has 24 heteroatoms. The number of aliphatic hydroxyl groups excluding tert-OH is 1. The van der Waals surface area contributed by atoms with E-state index in [1.54, 1.807) is 0 Å². The van der Waals surface area contributed by atoms with Crippen LogP contribution in [0.5, 0.6) is 0 Å². The molecule has 3 aliphatic rings. The van der Waals surface area contributed by atoms with Gasteiger partial charge in [0, 0.05) is 13.1 Å². The van der Waals surface area contributed by atoms with Crippen LogP contribution in [0, 0.1) is 17.8 Å². The molecule has 476 valence electrons. The van der Waals surface area contributed by atoms with Crippen LogP contribution < -0.4 is 70.8 Å². The average molecular weight is 1180 g/mol. The van der Waals surface area contributed by atoms with Crippen LogP contribution >= 0.6 is 0 Å². The highest BCUT2D eigenvalue weighted by atomic mass is 16.3. The number of hydrogen-bond acceptors (Lipinski definition) is 15. The Morgan fingerprint density at radius 1 is 0.566 bits per heavy atom. The summed E-state index contributed by atoms with van der Waals surface area (Å²) >= 11 is 0. The third-order valence-corrected chi connectivity index (χ3v) is 16.2. The quantitative estimate of drug-likeness (QED) is 0.0438. The Morgan fingerprint density at radius 2 is 1.06 bits per heavy atom. The lowest BCUT2D eigenvalue weighted by Gasteiger charge is -2.35. The summed E-state index contributed by atoms with van der Waals surface area (Å²) in [6.45, 7) is 10.1. The second-order valence-corrected chi connectivity index (χ2v) is 24.0. The van der Waals surface area contributed by atoms with Crippen molar-refractivity contribution in [3.63, 3.8) is 0 Å². The van der Waals surface area contributed by atoms with Crippen molar-refractivity contribution in [2.24, 2.45) is 40.7 Å². The number of carbonyl (C=O) groups is 9. The van der Waals surface area contributed by atoms with Crippen molar-refractivity contribution in [3.8, 4) is 0 Å². The first-order valence-corrected chi connectivity index (χ1v) is 31.8. The lowest BCUT2D eigenvalue weighted by Crippen LogP contribution is -2.61. The van der Waals surface area contributed by atoms with Gasteiger partial charge in [0.15, 0.2) is 0 Å². The highest BCUT2D eigenvalue weighted by Crippen LogP contribution is 2.28. The van der Waals surface area contributed by atoms with Gasteiger partial charge >= 0.3 is 0 Å². The molecule has 0 spiro atoms. The maximum absolute atomic E-state index is 14.7. The van der Waals surface area contributed by atoms with Crippen LogP contribution in [0.1, 0.15) is 195 Å². The van der Waals surface area contributed by atoms with Crippen LogP contribution in [0.2, 0.25) is 0 Å². The maximum atomic E-state index is 14.7. The Balaban J connectivity index is 2.12. The standard InChI is InChI=1S/C59H110N14O10/c1-5-7-9-11-15-21-42(74)37-51(75)65-43(22-27-60)53(77)69-47-26-31-64-52(76)49(36-41-20-17-33-73(38-41)32-16-10-8-6-2)71-55(79)45(24-29-62)66-54(78)44(23-28-61)68-58(82)48(34-39(3)4)70-59(83)50(35-40-18-13-12-14-19-40)72-56(80)46(25-30-63)67-57(47)81/h39-50,74H,5-38,60-63H2,1-4H3,(H,64,76)(H,65,75)(H,66,78)(H,67,81)(H,68,82)(H,69,77)(H,70,83)(H,71,79)(H,72,80)/t41?,42-,43-,44+,45+,46+,47+,48+,49+,50-/m1/s1. The summed E-state index contributed by atoms with van der Waals surface area (Å²) < 4.78 is 0. The van der Waals surface area contributed by atoms with Crippen molar-refractivity contribution >= 4 is 53.2 Å². The van der Waals surface area contributed by atoms with E-state index in [0.29, 0.717) is 13.0 Å². The summed E-state index contributed by atoms with van der Waals surface area (Å²) in [7, 11) is 0. The molecule has 18 N–H and O–H groups in total. The van der Waals surface area contributed by atoms with E-state index in [-0.39, 0.29) is 108 Å². The molecule has 2 saturated heterocycles. The van der Waals surface area contributed by atoms with Crippen molar-refractivity contribution in [2.45, 2.75) is 249 Å². The number of rotatable bonds is 30. The number of nitrogens with two attached hydrogens (primary N) is 4. The van der Waals surface area contributed by atoms with E-state index >= 15 is 0 Å². The van der Waals surface area contributed by atoms with Crippen LogP contribution in [0.3, 0.4) is 0 Å². The molecule has 0 aromatic heterocycles. The molecule has 3 fully saturated rings. The molecule has 3 rings (SSSR count). The molecule has 24 nitrogen and oxygen atoms in total. The average Bonchev–Trinajstić information content (AvgIpc) is 3.58. The number of carbonyl (C=O) groups excluding carboxylic acids is 9. The van der Waals surface area contributed by atoms with E-state index in [9.17, 15) is 48.3 Å². The van der Waals surface area contributed by atoms with E-state index in [0.717, 1.165) is 116 Å². The van der Waals surface area contributed by atoms with E-state index in [4.69, 9.17) is 22.9 Å². The fraction of sp³-hybridized carbons (Fsp3) is 0.847. The topological polar surface area (TPSA) is 389 Å². The van der Waals surface area contributed by atoms with Gasteiger partial charge < -0.3 is 80.8 Å². The minimum absolute atomic E-state index is 0.00751. The van der Waals surface area contributed by atoms with E-state index in [1.807, 2.05) is 13.8 Å². The Kier molecular flexibility index (Phi) is 35.8. The SMILES string of the molecule is CCCCCCC[C@@H](O)CC(=O)N[C@H](CCN)C(=O)N[C@H]1CCNC(=O)[C@H](CC2CCCN(CCCCCC)C2)NC(=O)[C@H](CCN)NC(=O)[C@H](CCN)NC(=O)[C@H](CC(C)C)NC(=O)[C@@H](CC2CCCCC2)NC(=O)[C@H](CCN)NC1=O. The number of aliphatic hydroxyl groups is 1. The van der Waals surface area contributed by atoms with Gasteiger partial charge in [-0.1, -0.05) is 111 Å². The molecular weight excluding hydrogens is 1060 g/mol.